The van der Waals surface area contributed by atoms with Crippen LogP contribution in [0.25, 0.3) is 0 Å². The number of carbonyl (C=O) groups excluding carboxylic acids is 1. The molecule has 0 saturated carbocycles. The van der Waals surface area contributed by atoms with Gasteiger partial charge in [-0.05, 0) is 19.1 Å². The first-order valence-corrected chi connectivity index (χ1v) is 6.18. The van der Waals surface area contributed by atoms with E-state index in [0.717, 1.165) is 0 Å². The summed E-state index contributed by atoms with van der Waals surface area (Å²) in [6, 6.07) is 4.85. The summed E-state index contributed by atoms with van der Waals surface area (Å²) in [4.78, 5) is 12.3. The minimum Gasteiger partial charge on any atom is -0.486 e. The maximum absolute atomic E-state index is 12.3. The van der Waals surface area contributed by atoms with Crippen molar-refractivity contribution in [2.24, 2.45) is 0 Å². The van der Waals surface area contributed by atoms with Gasteiger partial charge in [0.2, 0.25) is 0 Å². The van der Waals surface area contributed by atoms with Crippen LogP contribution in [0.2, 0.25) is 0 Å². The zero-order chi connectivity index (χ0) is 13.9. The van der Waals surface area contributed by atoms with E-state index < -0.39 is 0 Å². The Morgan fingerprint density at radius 1 is 1.40 bits per heavy atom. The zero-order valence-corrected chi connectivity index (χ0v) is 10.8. The number of amides is 1. The lowest BCUT2D eigenvalue weighted by Gasteiger charge is -2.21. The minimum absolute atomic E-state index is 0.273. The Kier molecular flexibility index (Phi) is 3.20. The molecule has 0 radical (unpaired) electrons. The van der Waals surface area contributed by atoms with Crippen LogP contribution < -0.4 is 14.8 Å². The lowest BCUT2D eigenvalue weighted by molar-refractivity contribution is 0.0927. The summed E-state index contributed by atoms with van der Waals surface area (Å²) in [5.41, 5.74) is 0.428. The summed E-state index contributed by atoms with van der Waals surface area (Å²) in [5.74, 6) is 1.19. The maximum atomic E-state index is 12.3. The number of nitrogens with zero attached hydrogens (tertiary/aromatic N) is 3. The van der Waals surface area contributed by atoms with Crippen LogP contribution in [0.5, 0.6) is 11.5 Å². The monoisotopic (exact) mass is 275 g/mol. The summed E-state index contributed by atoms with van der Waals surface area (Å²) in [7, 11) is 0. The molecule has 0 aliphatic carbocycles. The summed E-state index contributed by atoms with van der Waals surface area (Å²) in [6.45, 7) is 2.69. The number of para-hydroxylation sites is 1. The van der Waals surface area contributed by atoms with E-state index in [2.05, 4.69) is 25.9 Å². The van der Waals surface area contributed by atoms with Crippen molar-refractivity contribution in [1.29, 1.82) is 0 Å². The fourth-order valence-corrected chi connectivity index (χ4v) is 1.94. The molecule has 1 aliphatic rings. The van der Waals surface area contributed by atoms with Gasteiger partial charge in [-0.15, -0.1) is 10.2 Å². The van der Waals surface area contributed by atoms with Gasteiger partial charge < -0.3 is 14.8 Å². The van der Waals surface area contributed by atoms with Crippen molar-refractivity contribution in [1.82, 2.24) is 25.9 Å². The second-order valence-corrected chi connectivity index (χ2v) is 4.29. The first kappa shape index (κ1) is 12.4. The fourth-order valence-electron chi connectivity index (χ4n) is 1.94. The van der Waals surface area contributed by atoms with Crippen molar-refractivity contribution in [3.63, 3.8) is 0 Å². The van der Waals surface area contributed by atoms with Crippen LogP contribution in [0.15, 0.2) is 18.2 Å². The van der Waals surface area contributed by atoms with Gasteiger partial charge >= 0.3 is 0 Å². The number of aromatic amines is 1. The van der Waals surface area contributed by atoms with Gasteiger partial charge in [0, 0.05) is 0 Å². The standard InChI is InChI=1S/C12H13N5O3/c1-7(11-14-16-17-15-11)13-12(18)8-3-2-4-9-10(8)20-6-5-19-9/h2-4,7H,5-6H2,1H3,(H,13,18)(H,14,15,16,17). The number of hydrogen-bond acceptors (Lipinski definition) is 6. The van der Waals surface area contributed by atoms with Crippen molar-refractivity contribution >= 4 is 5.91 Å². The molecule has 1 atom stereocenters. The molecule has 0 saturated heterocycles. The van der Waals surface area contributed by atoms with Crippen LogP contribution in [0.4, 0.5) is 0 Å². The van der Waals surface area contributed by atoms with Gasteiger partial charge in [-0.2, -0.15) is 5.21 Å². The lowest BCUT2D eigenvalue weighted by atomic mass is 10.1. The van der Waals surface area contributed by atoms with Crippen molar-refractivity contribution < 1.29 is 14.3 Å². The van der Waals surface area contributed by atoms with E-state index in [1.807, 2.05) is 0 Å². The van der Waals surface area contributed by atoms with Gasteiger partial charge in [-0.3, -0.25) is 4.79 Å². The highest BCUT2D eigenvalue weighted by Gasteiger charge is 2.22. The predicted octanol–water partition coefficient (Wildman–Crippen LogP) is 0.462. The molecule has 0 spiro atoms. The molecule has 1 aromatic carbocycles. The molecule has 1 aliphatic heterocycles. The summed E-state index contributed by atoms with van der Waals surface area (Å²) < 4.78 is 11.0. The van der Waals surface area contributed by atoms with E-state index >= 15 is 0 Å². The molecule has 1 aromatic heterocycles. The number of hydrogen-bond donors (Lipinski definition) is 2. The highest BCUT2D eigenvalue weighted by molar-refractivity contribution is 5.98. The van der Waals surface area contributed by atoms with Crippen LogP contribution in [0.1, 0.15) is 29.1 Å². The first-order chi connectivity index (χ1) is 9.75. The van der Waals surface area contributed by atoms with Crippen LogP contribution in [-0.2, 0) is 0 Å². The van der Waals surface area contributed by atoms with Crippen molar-refractivity contribution in [2.75, 3.05) is 13.2 Å². The first-order valence-electron chi connectivity index (χ1n) is 6.18. The molecule has 1 unspecified atom stereocenters. The Morgan fingerprint density at radius 3 is 3.05 bits per heavy atom. The van der Waals surface area contributed by atoms with E-state index in [1.54, 1.807) is 25.1 Å². The average molecular weight is 275 g/mol. The van der Waals surface area contributed by atoms with Gasteiger partial charge in [0.25, 0.3) is 5.91 Å². The number of benzene rings is 1. The molecule has 0 bridgehead atoms. The predicted molar refractivity (Wildman–Crippen MR) is 67.5 cm³/mol. The third-order valence-electron chi connectivity index (χ3n) is 2.91. The number of ether oxygens (including phenoxy) is 2. The van der Waals surface area contributed by atoms with Crippen LogP contribution in [-0.4, -0.2) is 39.7 Å². The number of nitrogens with one attached hydrogen (secondary N) is 2. The second kappa shape index (κ2) is 5.16. The Labute approximate surface area is 114 Å². The van der Waals surface area contributed by atoms with E-state index in [0.29, 0.717) is 36.1 Å². The summed E-state index contributed by atoms with van der Waals surface area (Å²) >= 11 is 0. The van der Waals surface area contributed by atoms with Crippen LogP contribution >= 0.6 is 0 Å². The molecule has 20 heavy (non-hydrogen) atoms. The maximum Gasteiger partial charge on any atom is 0.255 e. The van der Waals surface area contributed by atoms with Crippen LogP contribution in [0, 0.1) is 0 Å². The Hall–Kier alpha value is -2.64. The molecular formula is C12H13N5O3. The number of rotatable bonds is 3. The number of fused-ring (bicyclic) bond motifs is 1. The molecule has 2 heterocycles. The Balaban J connectivity index is 1.81. The van der Waals surface area contributed by atoms with Crippen LogP contribution in [0.3, 0.4) is 0 Å². The summed E-state index contributed by atoms with van der Waals surface area (Å²) in [6.07, 6.45) is 0. The Morgan fingerprint density at radius 2 is 2.25 bits per heavy atom. The molecule has 3 rings (SSSR count). The van der Waals surface area contributed by atoms with Crippen molar-refractivity contribution in [3.05, 3.63) is 29.6 Å². The third kappa shape index (κ3) is 2.27. The third-order valence-corrected chi connectivity index (χ3v) is 2.91. The molecule has 104 valence electrons. The molecular weight excluding hydrogens is 262 g/mol. The zero-order valence-electron chi connectivity index (χ0n) is 10.8. The highest BCUT2D eigenvalue weighted by atomic mass is 16.6. The van der Waals surface area contributed by atoms with Gasteiger partial charge in [0.05, 0.1) is 11.6 Å². The number of carbonyl (C=O) groups is 1. The highest BCUT2D eigenvalue weighted by Crippen LogP contribution is 2.33. The quantitative estimate of drug-likeness (QED) is 0.843. The number of H-pyrrole nitrogens is 1. The van der Waals surface area contributed by atoms with Crippen molar-refractivity contribution in [2.45, 2.75) is 13.0 Å². The molecule has 8 heteroatoms. The van der Waals surface area contributed by atoms with E-state index in [4.69, 9.17) is 9.47 Å². The van der Waals surface area contributed by atoms with Gasteiger partial charge in [-0.1, -0.05) is 11.3 Å². The molecule has 1 amide bonds. The van der Waals surface area contributed by atoms with Crippen molar-refractivity contribution in [3.8, 4) is 11.5 Å². The van der Waals surface area contributed by atoms with E-state index in [1.165, 1.54) is 0 Å². The average Bonchev–Trinajstić information content (AvgIpc) is 3.01. The Bertz CT molecular complexity index is 614. The lowest BCUT2D eigenvalue weighted by Crippen LogP contribution is -2.29. The van der Waals surface area contributed by atoms with Gasteiger partial charge in [-0.25, -0.2) is 0 Å². The minimum atomic E-state index is -0.360. The number of aromatic nitrogens is 4. The molecule has 2 aromatic rings. The topological polar surface area (TPSA) is 102 Å². The smallest absolute Gasteiger partial charge is 0.255 e. The SMILES string of the molecule is CC(NC(=O)c1cccc2c1OCCO2)c1nn[nH]n1. The second-order valence-electron chi connectivity index (χ2n) is 4.29. The normalized spacial score (nSPS) is 14.7. The molecule has 8 nitrogen and oxygen atoms in total. The van der Waals surface area contributed by atoms with Gasteiger partial charge in [0.1, 0.15) is 13.2 Å². The summed E-state index contributed by atoms with van der Waals surface area (Å²) in [5, 5.41) is 16.3. The molecule has 0 fully saturated rings. The van der Waals surface area contributed by atoms with Gasteiger partial charge in [0.15, 0.2) is 17.3 Å². The number of tetrazole rings is 1. The van der Waals surface area contributed by atoms with E-state index in [9.17, 15) is 4.79 Å². The largest absolute Gasteiger partial charge is 0.486 e. The van der Waals surface area contributed by atoms with E-state index in [-0.39, 0.29) is 11.9 Å². The fraction of sp³-hybridized carbons (Fsp3) is 0.333. The molecule has 2 N–H and O–H groups in total.